The zero-order valence-corrected chi connectivity index (χ0v) is 10.8. The van der Waals surface area contributed by atoms with Crippen molar-refractivity contribution in [1.29, 1.82) is 0 Å². The summed E-state index contributed by atoms with van der Waals surface area (Å²) in [6.45, 7) is 7.20. The van der Waals surface area contributed by atoms with Gasteiger partial charge in [-0.15, -0.1) is 0 Å². The van der Waals surface area contributed by atoms with Crippen molar-refractivity contribution in [3.8, 4) is 0 Å². The summed E-state index contributed by atoms with van der Waals surface area (Å²) < 4.78 is 0. The van der Waals surface area contributed by atoms with Crippen molar-refractivity contribution in [3.05, 3.63) is 0 Å². The number of carbonyl (C=O) groups excluding carboxylic acids is 2. The Morgan fingerprint density at radius 3 is 2.47 bits per heavy atom. The van der Waals surface area contributed by atoms with Gasteiger partial charge in [0.2, 0.25) is 11.8 Å². The van der Waals surface area contributed by atoms with Crippen LogP contribution < -0.4 is 10.6 Å². The van der Waals surface area contributed by atoms with E-state index >= 15 is 0 Å². The largest absolute Gasteiger partial charge is 0.354 e. The van der Waals surface area contributed by atoms with Gasteiger partial charge in [0.25, 0.3) is 0 Å². The van der Waals surface area contributed by atoms with Gasteiger partial charge in [0.05, 0.1) is 0 Å². The lowest BCUT2D eigenvalue weighted by atomic mass is 10.2. The molecule has 2 N–H and O–H groups in total. The van der Waals surface area contributed by atoms with Crippen LogP contribution in [0.5, 0.6) is 0 Å². The number of amides is 2. The highest BCUT2D eigenvalue weighted by Gasteiger charge is 2.15. The molecule has 1 aliphatic rings. The monoisotopic (exact) mass is 241 g/mol. The molecule has 1 saturated heterocycles. The molecule has 0 saturated carbocycles. The van der Waals surface area contributed by atoms with Gasteiger partial charge in [0.15, 0.2) is 0 Å². The maximum absolute atomic E-state index is 11.8. The number of carbonyl (C=O) groups is 2. The topological polar surface area (TPSA) is 61.4 Å². The van der Waals surface area contributed by atoms with E-state index < -0.39 is 0 Å². The van der Waals surface area contributed by atoms with E-state index in [2.05, 4.69) is 10.6 Å². The minimum Gasteiger partial charge on any atom is -0.354 e. The maximum Gasteiger partial charge on any atom is 0.222 e. The molecule has 1 rings (SSSR count). The average Bonchev–Trinajstić information content (AvgIpc) is 2.29. The SMILES string of the molecule is CC(C)NC(=O)CCCC(=O)N1CCNCC1. The van der Waals surface area contributed by atoms with Gasteiger partial charge in [0.1, 0.15) is 0 Å². The Bertz CT molecular complexity index is 260. The zero-order valence-electron chi connectivity index (χ0n) is 10.8. The number of piperazine rings is 1. The summed E-state index contributed by atoms with van der Waals surface area (Å²) in [5.41, 5.74) is 0. The van der Waals surface area contributed by atoms with Gasteiger partial charge >= 0.3 is 0 Å². The first kappa shape index (κ1) is 14.0. The Kier molecular flexibility index (Phi) is 5.97. The van der Waals surface area contributed by atoms with E-state index in [1.54, 1.807) is 0 Å². The lowest BCUT2D eigenvalue weighted by Crippen LogP contribution is -2.46. The van der Waals surface area contributed by atoms with E-state index in [0.29, 0.717) is 19.3 Å². The van der Waals surface area contributed by atoms with Crippen molar-refractivity contribution in [3.63, 3.8) is 0 Å². The Balaban J connectivity index is 2.13. The molecule has 0 bridgehead atoms. The van der Waals surface area contributed by atoms with Crippen molar-refractivity contribution >= 4 is 11.8 Å². The molecule has 0 aromatic carbocycles. The third kappa shape index (κ3) is 5.68. The van der Waals surface area contributed by atoms with Crippen molar-refractivity contribution < 1.29 is 9.59 Å². The normalized spacial score (nSPS) is 16.1. The van der Waals surface area contributed by atoms with Crippen molar-refractivity contribution in [2.45, 2.75) is 39.2 Å². The Morgan fingerprint density at radius 2 is 1.88 bits per heavy atom. The molecule has 0 atom stereocenters. The fourth-order valence-corrected chi connectivity index (χ4v) is 1.87. The molecule has 5 heteroatoms. The number of hydrogen-bond acceptors (Lipinski definition) is 3. The molecular weight excluding hydrogens is 218 g/mol. The smallest absolute Gasteiger partial charge is 0.222 e. The number of hydrogen-bond donors (Lipinski definition) is 2. The lowest BCUT2D eigenvalue weighted by molar-refractivity contribution is -0.132. The highest BCUT2D eigenvalue weighted by Crippen LogP contribution is 2.02. The lowest BCUT2D eigenvalue weighted by Gasteiger charge is -2.27. The minimum atomic E-state index is 0.0353. The summed E-state index contributed by atoms with van der Waals surface area (Å²) in [5, 5.41) is 6.03. The molecule has 0 aliphatic carbocycles. The molecule has 0 spiro atoms. The van der Waals surface area contributed by atoms with E-state index in [4.69, 9.17) is 0 Å². The molecule has 0 aromatic rings. The molecule has 1 aliphatic heterocycles. The molecule has 1 fully saturated rings. The van der Waals surface area contributed by atoms with E-state index in [9.17, 15) is 9.59 Å². The molecule has 0 aromatic heterocycles. The van der Waals surface area contributed by atoms with Crippen LogP contribution in [-0.2, 0) is 9.59 Å². The predicted molar refractivity (Wildman–Crippen MR) is 66.6 cm³/mol. The Labute approximate surface area is 103 Å². The molecule has 98 valence electrons. The zero-order chi connectivity index (χ0) is 12.7. The van der Waals surface area contributed by atoms with Crippen LogP contribution >= 0.6 is 0 Å². The van der Waals surface area contributed by atoms with Crippen molar-refractivity contribution in [1.82, 2.24) is 15.5 Å². The standard InChI is InChI=1S/C12H23N3O2/c1-10(2)14-11(16)4-3-5-12(17)15-8-6-13-7-9-15/h10,13H,3-9H2,1-2H3,(H,14,16). The summed E-state index contributed by atoms with van der Waals surface area (Å²) in [7, 11) is 0. The van der Waals surface area contributed by atoms with Crippen LogP contribution in [0.1, 0.15) is 33.1 Å². The van der Waals surface area contributed by atoms with Crippen LogP contribution in [0.15, 0.2) is 0 Å². The molecular formula is C12H23N3O2. The van der Waals surface area contributed by atoms with E-state index in [1.165, 1.54) is 0 Å². The van der Waals surface area contributed by atoms with Crippen LogP contribution in [0.4, 0.5) is 0 Å². The van der Waals surface area contributed by atoms with Gasteiger partial charge in [-0.2, -0.15) is 0 Å². The van der Waals surface area contributed by atoms with Gasteiger partial charge in [-0.1, -0.05) is 0 Å². The van der Waals surface area contributed by atoms with E-state index in [-0.39, 0.29) is 17.9 Å². The fraction of sp³-hybridized carbons (Fsp3) is 0.833. The first-order chi connectivity index (χ1) is 8.09. The molecule has 5 nitrogen and oxygen atoms in total. The van der Waals surface area contributed by atoms with Crippen LogP contribution in [0.3, 0.4) is 0 Å². The third-order valence-corrected chi connectivity index (χ3v) is 2.71. The maximum atomic E-state index is 11.8. The highest BCUT2D eigenvalue weighted by molar-refractivity contribution is 5.79. The Morgan fingerprint density at radius 1 is 1.24 bits per heavy atom. The number of nitrogens with zero attached hydrogens (tertiary/aromatic N) is 1. The number of nitrogens with one attached hydrogen (secondary N) is 2. The molecule has 1 heterocycles. The highest BCUT2D eigenvalue weighted by atomic mass is 16.2. The fourth-order valence-electron chi connectivity index (χ4n) is 1.87. The van der Waals surface area contributed by atoms with Gasteiger partial charge in [-0.3, -0.25) is 9.59 Å². The van der Waals surface area contributed by atoms with Crippen molar-refractivity contribution in [2.24, 2.45) is 0 Å². The first-order valence-corrected chi connectivity index (χ1v) is 6.37. The van der Waals surface area contributed by atoms with E-state index in [0.717, 1.165) is 26.2 Å². The summed E-state index contributed by atoms with van der Waals surface area (Å²) in [6, 6.07) is 0.173. The second-order valence-electron chi connectivity index (χ2n) is 4.71. The quantitative estimate of drug-likeness (QED) is 0.718. The van der Waals surface area contributed by atoms with Crippen LogP contribution in [0.25, 0.3) is 0 Å². The van der Waals surface area contributed by atoms with Gasteiger partial charge < -0.3 is 15.5 Å². The van der Waals surface area contributed by atoms with Gasteiger partial charge in [0, 0.05) is 45.1 Å². The number of rotatable bonds is 5. The molecule has 17 heavy (non-hydrogen) atoms. The third-order valence-electron chi connectivity index (χ3n) is 2.71. The minimum absolute atomic E-state index is 0.0353. The van der Waals surface area contributed by atoms with Crippen LogP contribution in [0.2, 0.25) is 0 Å². The van der Waals surface area contributed by atoms with Crippen LogP contribution in [0, 0.1) is 0 Å². The van der Waals surface area contributed by atoms with Crippen molar-refractivity contribution in [2.75, 3.05) is 26.2 Å². The average molecular weight is 241 g/mol. The summed E-state index contributed by atoms with van der Waals surface area (Å²) in [6.07, 6.45) is 1.56. The molecule has 2 amide bonds. The molecule has 0 unspecified atom stereocenters. The summed E-state index contributed by atoms with van der Waals surface area (Å²) in [5.74, 6) is 0.206. The predicted octanol–water partition coefficient (Wildman–Crippen LogP) is 0.113. The van der Waals surface area contributed by atoms with E-state index in [1.807, 2.05) is 18.7 Å². The summed E-state index contributed by atoms with van der Waals surface area (Å²) in [4.78, 5) is 25.0. The Hall–Kier alpha value is -1.10. The second-order valence-corrected chi connectivity index (χ2v) is 4.71. The van der Waals surface area contributed by atoms with Gasteiger partial charge in [-0.25, -0.2) is 0 Å². The molecule has 0 radical (unpaired) electrons. The first-order valence-electron chi connectivity index (χ1n) is 6.37. The summed E-state index contributed by atoms with van der Waals surface area (Å²) >= 11 is 0. The van der Waals surface area contributed by atoms with Gasteiger partial charge in [-0.05, 0) is 20.3 Å². The van der Waals surface area contributed by atoms with Crippen LogP contribution in [-0.4, -0.2) is 48.9 Å². The second kappa shape index (κ2) is 7.27.